The van der Waals surface area contributed by atoms with Gasteiger partial charge in [0.05, 0.1) is 16.2 Å². The minimum absolute atomic E-state index is 0.159. The van der Waals surface area contributed by atoms with E-state index in [-0.39, 0.29) is 15.1 Å². The number of rotatable bonds is 6. The Morgan fingerprint density at radius 3 is 2.59 bits per heavy atom. The van der Waals surface area contributed by atoms with Crippen molar-refractivity contribution in [1.82, 2.24) is 4.90 Å². The van der Waals surface area contributed by atoms with Crippen LogP contribution in [-0.4, -0.2) is 44.7 Å². The number of hydrogen-bond acceptors (Lipinski definition) is 5. The maximum Gasteiger partial charge on any atom is 0.326 e. The van der Waals surface area contributed by atoms with Crippen molar-refractivity contribution < 1.29 is 19.5 Å². The number of thiocarbonyl (C=S) groups is 1. The van der Waals surface area contributed by atoms with E-state index in [4.69, 9.17) is 12.2 Å². The van der Waals surface area contributed by atoms with E-state index in [0.29, 0.717) is 17.7 Å². The lowest BCUT2D eigenvalue weighted by Crippen LogP contribution is -2.41. The van der Waals surface area contributed by atoms with Crippen LogP contribution in [0.5, 0.6) is 0 Å². The third-order valence-electron chi connectivity index (χ3n) is 4.68. The summed E-state index contributed by atoms with van der Waals surface area (Å²) in [4.78, 5) is 40.3. The molecule has 2 heterocycles. The molecule has 1 aromatic carbocycles. The lowest BCUT2D eigenvalue weighted by Gasteiger charge is -2.19. The van der Waals surface area contributed by atoms with Gasteiger partial charge in [-0.05, 0) is 19.4 Å². The molecule has 0 aliphatic carbocycles. The smallest absolute Gasteiger partial charge is 0.326 e. The van der Waals surface area contributed by atoms with Gasteiger partial charge in [0.1, 0.15) is 10.4 Å². The van der Waals surface area contributed by atoms with Crippen LogP contribution < -0.4 is 4.90 Å². The van der Waals surface area contributed by atoms with Crippen molar-refractivity contribution in [2.24, 2.45) is 0 Å². The molecular weight excluding hydrogens is 384 g/mol. The third kappa shape index (κ3) is 3.39. The number of para-hydroxylation sites is 1. The summed E-state index contributed by atoms with van der Waals surface area (Å²) < 4.78 is 0.159. The number of fused-ring (bicyclic) bond motifs is 1. The molecule has 0 aromatic heterocycles. The van der Waals surface area contributed by atoms with E-state index < -0.39 is 17.9 Å². The highest BCUT2D eigenvalue weighted by Crippen LogP contribution is 2.45. The molecule has 1 saturated heterocycles. The zero-order valence-corrected chi connectivity index (χ0v) is 16.7. The number of thioether (sulfide) groups is 1. The highest BCUT2D eigenvalue weighted by Gasteiger charge is 2.44. The van der Waals surface area contributed by atoms with Gasteiger partial charge in [-0.2, -0.15) is 0 Å². The number of carbonyl (C=O) groups excluding carboxylic acids is 2. The second-order valence-electron chi connectivity index (χ2n) is 6.44. The van der Waals surface area contributed by atoms with Gasteiger partial charge in [-0.25, -0.2) is 4.79 Å². The molecule has 1 N–H and O–H groups in total. The summed E-state index contributed by atoms with van der Waals surface area (Å²) in [5, 5.41) is 9.25. The number of amides is 2. The van der Waals surface area contributed by atoms with E-state index in [2.05, 4.69) is 6.92 Å². The fraction of sp³-hybridized carbons (Fsp3) is 0.368. The summed E-state index contributed by atoms with van der Waals surface area (Å²) in [7, 11) is 0. The molecule has 0 bridgehead atoms. The summed E-state index contributed by atoms with van der Waals surface area (Å²) in [6, 6.07) is 6.28. The Labute approximate surface area is 167 Å². The molecule has 0 radical (unpaired) electrons. The van der Waals surface area contributed by atoms with Crippen LogP contribution in [0, 0.1) is 0 Å². The van der Waals surface area contributed by atoms with Crippen LogP contribution in [-0.2, 0) is 14.4 Å². The van der Waals surface area contributed by atoms with Crippen molar-refractivity contribution in [3.63, 3.8) is 0 Å². The zero-order valence-electron chi connectivity index (χ0n) is 15.1. The van der Waals surface area contributed by atoms with Gasteiger partial charge in [-0.1, -0.05) is 61.9 Å². The van der Waals surface area contributed by atoms with Gasteiger partial charge >= 0.3 is 5.97 Å². The number of aliphatic carboxylic acids is 1. The molecule has 27 heavy (non-hydrogen) atoms. The molecule has 0 saturated carbocycles. The first kappa shape index (κ1) is 19.6. The lowest BCUT2D eigenvalue weighted by atomic mass is 10.1. The Morgan fingerprint density at radius 1 is 1.22 bits per heavy atom. The zero-order chi connectivity index (χ0) is 19.7. The number of benzene rings is 1. The first-order valence-corrected chi connectivity index (χ1v) is 10.0. The summed E-state index contributed by atoms with van der Waals surface area (Å²) in [5.41, 5.74) is 1.80. The van der Waals surface area contributed by atoms with Crippen molar-refractivity contribution in [2.45, 2.75) is 39.2 Å². The summed E-state index contributed by atoms with van der Waals surface area (Å²) in [5.74, 6) is -1.89. The quantitative estimate of drug-likeness (QED) is 0.445. The summed E-state index contributed by atoms with van der Waals surface area (Å²) in [6.07, 6.45) is 2.93. The second kappa shape index (κ2) is 7.82. The number of carboxylic acids is 1. The molecule has 1 fully saturated rings. The molecule has 3 rings (SSSR count). The molecule has 142 valence electrons. The van der Waals surface area contributed by atoms with E-state index in [1.54, 1.807) is 4.90 Å². The summed E-state index contributed by atoms with van der Waals surface area (Å²) in [6.45, 7) is 4.08. The molecule has 2 amide bonds. The van der Waals surface area contributed by atoms with Gasteiger partial charge < -0.3 is 10.0 Å². The van der Waals surface area contributed by atoms with Crippen LogP contribution in [0.3, 0.4) is 0 Å². The maximum absolute atomic E-state index is 13.1. The molecule has 1 atom stereocenters. The average Bonchev–Trinajstić information content (AvgIpc) is 3.08. The molecule has 1 unspecified atom stereocenters. The van der Waals surface area contributed by atoms with E-state index in [1.807, 2.05) is 24.3 Å². The van der Waals surface area contributed by atoms with Crippen molar-refractivity contribution in [3.8, 4) is 0 Å². The Hall–Kier alpha value is -2.19. The first-order valence-electron chi connectivity index (χ1n) is 8.82. The van der Waals surface area contributed by atoms with E-state index in [9.17, 15) is 19.5 Å². The maximum atomic E-state index is 13.1. The number of carbonyl (C=O) groups is 3. The molecule has 1 aromatic rings. The second-order valence-corrected chi connectivity index (χ2v) is 8.09. The highest BCUT2D eigenvalue weighted by atomic mass is 32.2. The van der Waals surface area contributed by atoms with Gasteiger partial charge in [0.2, 0.25) is 0 Å². The minimum Gasteiger partial charge on any atom is -0.480 e. The Morgan fingerprint density at radius 2 is 1.93 bits per heavy atom. The van der Waals surface area contributed by atoms with Crippen molar-refractivity contribution in [3.05, 3.63) is 34.7 Å². The largest absolute Gasteiger partial charge is 0.480 e. The van der Waals surface area contributed by atoms with Gasteiger partial charge in [-0.3, -0.25) is 14.5 Å². The molecule has 8 heteroatoms. The van der Waals surface area contributed by atoms with Crippen LogP contribution in [0.15, 0.2) is 29.2 Å². The fourth-order valence-electron chi connectivity index (χ4n) is 3.22. The monoisotopic (exact) mass is 404 g/mol. The Bertz CT molecular complexity index is 865. The predicted octanol–water partition coefficient (Wildman–Crippen LogP) is 3.27. The molecule has 2 aliphatic heterocycles. The molecular formula is C19H20N2O4S2. The van der Waals surface area contributed by atoms with Gasteiger partial charge in [0.25, 0.3) is 11.8 Å². The number of carboxylic acid groups (broad SMARTS) is 1. The lowest BCUT2D eigenvalue weighted by molar-refractivity contribution is -0.144. The normalized spacial score (nSPS) is 20.4. The Kier molecular flexibility index (Phi) is 5.67. The van der Waals surface area contributed by atoms with Crippen LogP contribution in [0.2, 0.25) is 0 Å². The topological polar surface area (TPSA) is 77.9 Å². The van der Waals surface area contributed by atoms with Gasteiger partial charge in [-0.15, -0.1) is 0 Å². The number of nitrogens with zero attached hydrogens (tertiary/aromatic N) is 2. The van der Waals surface area contributed by atoms with Crippen molar-refractivity contribution >= 4 is 57.3 Å². The average molecular weight is 405 g/mol. The van der Waals surface area contributed by atoms with E-state index in [0.717, 1.165) is 41.6 Å². The van der Waals surface area contributed by atoms with E-state index >= 15 is 0 Å². The summed E-state index contributed by atoms with van der Waals surface area (Å²) >= 11 is 6.22. The Balaban J connectivity index is 2.03. The van der Waals surface area contributed by atoms with Gasteiger partial charge in [0, 0.05) is 12.1 Å². The van der Waals surface area contributed by atoms with Crippen molar-refractivity contribution in [2.75, 3.05) is 11.4 Å². The third-order valence-corrected chi connectivity index (χ3v) is 6.08. The van der Waals surface area contributed by atoms with E-state index in [1.165, 1.54) is 6.92 Å². The number of anilines is 1. The van der Waals surface area contributed by atoms with Gasteiger partial charge in [0.15, 0.2) is 0 Å². The highest BCUT2D eigenvalue weighted by molar-refractivity contribution is 8.26. The van der Waals surface area contributed by atoms with Crippen LogP contribution in [0.1, 0.15) is 38.7 Å². The van der Waals surface area contributed by atoms with Crippen LogP contribution in [0.25, 0.3) is 5.57 Å². The fourth-order valence-corrected chi connectivity index (χ4v) is 4.71. The number of hydrogen-bond donors (Lipinski definition) is 1. The van der Waals surface area contributed by atoms with Crippen LogP contribution >= 0.6 is 24.0 Å². The molecule has 0 spiro atoms. The molecule has 2 aliphatic rings. The van der Waals surface area contributed by atoms with Crippen molar-refractivity contribution in [1.29, 1.82) is 0 Å². The SMILES string of the molecule is CCCCCN1C(=O)C(=C2SC(=S)N(C(C)C(=O)O)C2=O)c2ccccc21. The van der Waals surface area contributed by atoms with Crippen LogP contribution in [0.4, 0.5) is 5.69 Å². The number of unbranched alkanes of at least 4 members (excludes halogenated alkanes) is 2. The predicted molar refractivity (Wildman–Crippen MR) is 109 cm³/mol. The standard InChI is InChI=1S/C19H20N2O4S2/c1-3-4-7-10-20-13-9-6-5-8-12(13)14(16(20)22)15-17(23)21(19(26)27-15)11(2)18(24)25/h5-6,8-9,11H,3-4,7,10H2,1-2H3,(H,24,25). The molecule has 6 nitrogen and oxygen atoms in total. The first-order chi connectivity index (χ1) is 12.9. The minimum atomic E-state index is -1.14.